The summed E-state index contributed by atoms with van der Waals surface area (Å²) >= 11 is 0. The van der Waals surface area contributed by atoms with Gasteiger partial charge in [0.2, 0.25) is 5.82 Å². The quantitative estimate of drug-likeness (QED) is 0.641. The van der Waals surface area contributed by atoms with E-state index in [2.05, 4.69) is 15.6 Å². The lowest BCUT2D eigenvalue weighted by Crippen LogP contribution is -2.32. The number of imidazole rings is 1. The molecule has 0 bridgehead atoms. The molecule has 136 valence electrons. The van der Waals surface area contributed by atoms with E-state index in [1.54, 1.807) is 29.8 Å². The van der Waals surface area contributed by atoms with Gasteiger partial charge in [0.15, 0.2) is 5.69 Å². The van der Waals surface area contributed by atoms with E-state index < -0.39 is 0 Å². The first kappa shape index (κ1) is 18.9. The summed E-state index contributed by atoms with van der Waals surface area (Å²) in [6.45, 7) is 2.29. The highest BCUT2D eigenvalue weighted by atomic mass is 16.5. The molecule has 25 heavy (non-hydrogen) atoms. The van der Waals surface area contributed by atoms with Crippen LogP contribution < -0.4 is 10.6 Å². The summed E-state index contributed by atoms with van der Waals surface area (Å²) < 4.78 is 6.60. The van der Waals surface area contributed by atoms with Crippen LogP contribution in [0.1, 0.15) is 27.5 Å². The van der Waals surface area contributed by atoms with Gasteiger partial charge >= 0.3 is 0 Å². The highest BCUT2D eigenvalue weighted by Crippen LogP contribution is 2.13. The van der Waals surface area contributed by atoms with Crippen molar-refractivity contribution in [3.8, 4) is 0 Å². The number of likely N-dealkylation sites (N-methyl/N-ethyl adjacent to an activating group) is 1. The standard InChI is InChI=1S/C17H25N5O3/c1-21(2)11-9-19-17(24)15-20-14(13-7-4-5-10-22(13)15)16(23)18-8-6-12-25-3/h4-5,7,10H,6,8-9,11-12H2,1-3H3,(H,18,23)(H,19,24). The Kier molecular flexibility index (Phi) is 6.91. The number of amides is 2. The predicted octanol–water partition coefficient (Wildman–Crippen LogP) is 0.392. The molecule has 0 atom stereocenters. The number of nitrogens with zero attached hydrogens (tertiary/aromatic N) is 3. The molecular formula is C17H25N5O3. The van der Waals surface area contributed by atoms with Gasteiger partial charge in [-0.15, -0.1) is 0 Å². The number of rotatable bonds is 9. The summed E-state index contributed by atoms with van der Waals surface area (Å²) in [6.07, 6.45) is 2.44. The van der Waals surface area contributed by atoms with Crippen molar-refractivity contribution in [2.75, 3.05) is 47.4 Å². The van der Waals surface area contributed by atoms with Crippen molar-refractivity contribution in [1.29, 1.82) is 0 Å². The second-order valence-electron chi connectivity index (χ2n) is 5.90. The highest BCUT2D eigenvalue weighted by Gasteiger charge is 2.20. The Morgan fingerprint density at radius 3 is 2.68 bits per heavy atom. The van der Waals surface area contributed by atoms with Crippen molar-refractivity contribution in [2.24, 2.45) is 0 Å². The molecule has 2 N–H and O–H groups in total. The van der Waals surface area contributed by atoms with Gasteiger partial charge in [-0.05, 0) is 32.6 Å². The van der Waals surface area contributed by atoms with Crippen molar-refractivity contribution < 1.29 is 14.3 Å². The minimum Gasteiger partial charge on any atom is -0.385 e. The minimum atomic E-state index is -0.304. The van der Waals surface area contributed by atoms with Gasteiger partial charge in [-0.3, -0.25) is 14.0 Å². The molecule has 8 nitrogen and oxygen atoms in total. The Morgan fingerprint density at radius 1 is 1.20 bits per heavy atom. The number of methoxy groups -OCH3 is 1. The monoisotopic (exact) mass is 347 g/mol. The number of aromatic nitrogens is 2. The fourth-order valence-electron chi connectivity index (χ4n) is 2.34. The lowest BCUT2D eigenvalue weighted by Gasteiger charge is -2.09. The molecular weight excluding hydrogens is 322 g/mol. The highest BCUT2D eigenvalue weighted by molar-refractivity contribution is 6.02. The van der Waals surface area contributed by atoms with Gasteiger partial charge in [0.1, 0.15) is 0 Å². The van der Waals surface area contributed by atoms with Gasteiger partial charge in [0.05, 0.1) is 5.52 Å². The van der Waals surface area contributed by atoms with Crippen LogP contribution in [-0.4, -0.2) is 73.5 Å². The average molecular weight is 347 g/mol. The van der Waals surface area contributed by atoms with Crippen molar-refractivity contribution in [3.05, 3.63) is 35.9 Å². The van der Waals surface area contributed by atoms with Crippen molar-refractivity contribution >= 4 is 17.3 Å². The van der Waals surface area contributed by atoms with Gasteiger partial charge in [0, 0.05) is 39.5 Å². The summed E-state index contributed by atoms with van der Waals surface area (Å²) in [5.74, 6) is -0.398. The van der Waals surface area contributed by atoms with Crippen LogP contribution in [-0.2, 0) is 4.74 Å². The van der Waals surface area contributed by atoms with Gasteiger partial charge in [0.25, 0.3) is 11.8 Å². The molecule has 8 heteroatoms. The maximum atomic E-state index is 12.4. The second-order valence-corrected chi connectivity index (χ2v) is 5.90. The minimum absolute atomic E-state index is 0.205. The first-order chi connectivity index (χ1) is 12.0. The number of hydrogen-bond donors (Lipinski definition) is 2. The zero-order chi connectivity index (χ0) is 18.2. The number of ether oxygens (including phenoxy) is 1. The van der Waals surface area contributed by atoms with E-state index in [1.807, 2.05) is 25.1 Å². The van der Waals surface area contributed by atoms with Crippen LogP contribution in [0.5, 0.6) is 0 Å². The van der Waals surface area contributed by atoms with E-state index in [4.69, 9.17) is 4.74 Å². The first-order valence-electron chi connectivity index (χ1n) is 8.21. The summed E-state index contributed by atoms with van der Waals surface area (Å²) in [5, 5.41) is 5.63. The van der Waals surface area contributed by atoms with E-state index >= 15 is 0 Å². The molecule has 2 amide bonds. The third-order valence-electron chi connectivity index (χ3n) is 3.62. The van der Waals surface area contributed by atoms with E-state index in [0.29, 0.717) is 31.6 Å². The largest absolute Gasteiger partial charge is 0.385 e. The molecule has 2 rings (SSSR count). The number of fused-ring (bicyclic) bond motifs is 1. The molecule has 2 aromatic heterocycles. The SMILES string of the molecule is COCCCNC(=O)c1nc(C(=O)NCCN(C)C)n2ccccc12. The normalized spacial score (nSPS) is 11.0. The smallest absolute Gasteiger partial charge is 0.287 e. The molecule has 2 aromatic rings. The summed E-state index contributed by atoms with van der Waals surface area (Å²) in [4.78, 5) is 31.1. The third-order valence-corrected chi connectivity index (χ3v) is 3.62. The van der Waals surface area contributed by atoms with Crippen LogP contribution >= 0.6 is 0 Å². The van der Waals surface area contributed by atoms with E-state index in [9.17, 15) is 9.59 Å². The molecule has 0 aromatic carbocycles. The molecule has 2 heterocycles. The predicted molar refractivity (Wildman–Crippen MR) is 94.9 cm³/mol. The van der Waals surface area contributed by atoms with E-state index in [0.717, 1.165) is 6.54 Å². The third kappa shape index (κ3) is 5.01. The van der Waals surface area contributed by atoms with Crippen LogP contribution in [0.25, 0.3) is 5.52 Å². The van der Waals surface area contributed by atoms with Gasteiger partial charge in [-0.2, -0.15) is 0 Å². The summed E-state index contributed by atoms with van der Waals surface area (Å²) in [7, 11) is 5.48. The summed E-state index contributed by atoms with van der Waals surface area (Å²) in [5.41, 5.74) is 0.847. The Bertz CT molecular complexity index is 726. The fraction of sp³-hybridized carbons (Fsp3) is 0.471. The number of carbonyl (C=O) groups excluding carboxylic acids is 2. The fourth-order valence-corrected chi connectivity index (χ4v) is 2.34. The molecule has 0 aliphatic heterocycles. The van der Waals surface area contributed by atoms with Crippen molar-refractivity contribution in [1.82, 2.24) is 24.9 Å². The first-order valence-corrected chi connectivity index (χ1v) is 8.21. The average Bonchev–Trinajstić information content (AvgIpc) is 2.98. The van der Waals surface area contributed by atoms with Crippen LogP contribution in [0, 0.1) is 0 Å². The van der Waals surface area contributed by atoms with Crippen LogP contribution in [0.2, 0.25) is 0 Å². The maximum absolute atomic E-state index is 12.4. The number of hydrogen-bond acceptors (Lipinski definition) is 5. The van der Waals surface area contributed by atoms with Crippen LogP contribution in [0.4, 0.5) is 0 Å². The molecule has 0 saturated carbocycles. The molecule has 0 spiro atoms. The van der Waals surface area contributed by atoms with Gasteiger partial charge in [-0.1, -0.05) is 6.07 Å². The Labute approximate surface area is 147 Å². The molecule has 0 aliphatic carbocycles. The van der Waals surface area contributed by atoms with Crippen molar-refractivity contribution in [3.63, 3.8) is 0 Å². The zero-order valence-electron chi connectivity index (χ0n) is 14.9. The molecule has 0 fully saturated rings. The Morgan fingerprint density at radius 2 is 1.96 bits per heavy atom. The number of carbonyl (C=O) groups is 2. The summed E-state index contributed by atoms with van der Waals surface area (Å²) in [6, 6.07) is 5.38. The van der Waals surface area contributed by atoms with Crippen LogP contribution in [0.3, 0.4) is 0 Å². The van der Waals surface area contributed by atoms with Crippen LogP contribution in [0.15, 0.2) is 24.4 Å². The van der Waals surface area contributed by atoms with Gasteiger partial charge in [-0.25, -0.2) is 4.98 Å². The molecule has 0 radical (unpaired) electrons. The lowest BCUT2D eigenvalue weighted by atomic mass is 10.3. The molecule has 0 unspecified atom stereocenters. The van der Waals surface area contributed by atoms with Gasteiger partial charge < -0.3 is 20.3 Å². The maximum Gasteiger partial charge on any atom is 0.287 e. The van der Waals surface area contributed by atoms with E-state index in [1.165, 1.54) is 0 Å². The molecule has 0 aliphatic rings. The zero-order valence-corrected chi connectivity index (χ0v) is 14.9. The van der Waals surface area contributed by atoms with E-state index in [-0.39, 0.29) is 23.3 Å². The van der Waals surface area contributed by atoms with Crippen molar-refractivity contribution in [2.45, 2.75) is 6.42 Å². The number of pyridine rings is 1. The Hall–Kier alpha value is -2.45. The topological polar surface area (TPSA) is 88.0 Å². The lowest BCUT2D eigenvalue weighted by molar-refractivity contribution is 0.0940. The second kappa shape index (κ2) is 9.14. The number of nitrogens with one attached hydrogen (secondary N) is 2. The Balaban J connectivity index is 2.16. The molecule has 0 saturated heterocycles.